The molecule has 0 heterocycles. The van der Waals surface area contributed by atoms with Crippen molar-refractivity contribution in [3.8, 4) is 0 Å². The van der Waals surface area contributed by atoms with E-state index < -0.39 is 11.9 Å². The van der Waals surface area contributed by atoms with E-state index >= 15 is 0 Å². The summed E-state index contributed by atoms with van der Waals surface area (Å²) in [7, 11) is 0. The molecule has 1 fully saturated rings. The van der Waals surface area contributed by atoms with Gasteiger partial charge >= 0.3 is 5.97 Å². The van der Waals surface area contributed by atoms with Crippen LogP contribution in [0.5, 0.6) is 0 Å². The molecule has 1 aliphatic carbocycles. The van der Waals surface area contributed by atoms with Gasteiger partial charge in [-0.05, 0) is 37.7 Å². The quantitative estimate of drug-likeness (QED) is 0.814. The van der Waals surface area contributed by atoms with Crippen molar-refractivity contribution >= 4 is 11.9 Å². The van der Waals surface area contributed by atoms with E-state index in [0.717, 1.165) is 24.0 Å². The molecule has 0 radical (unpaired) electrons. The van der Waals surface area contributed by atoms with E-state index in [1.807, 2.05) is 31.2 Å². The van der Waals surface area contributed by atoms with Crippen LogP contribution in [0, 0.1) is 18.8 Å². The van der Waals surface area contributed by atoms with Crippen molar-refractivity contribution < 1.29 is 14.7 Å². The Labute approximate surface area is 131 Å². The minimum Gasteiger partial charge on any atom is -0.481 e. The molecule has 0 aliphatic heterocycles. The molecule has 1 aliphatic rings. The van der Waals surface area contributed by atoms with Gasteiger partial charge in [0.15, 0.2) is 0 Å². The topological polar surface area (TPSA) is 66.4 Å². The lowest BCUT2D eigenvalue weighted by Crippen LogP contribution is -2.34. The van der Waals surface area contributed by atoms with Crippen molar-refractivity contribution in [3.63, 3.8) is 0 Å². The molecule has 4 nitrogen and oxygen atoms in total. The molecule has 0 bridgehead atoms. The van der Waals surface area contributed by atoms with Crippen molar-refractivity contribution in [2.24, 2.45) is 11.8 Å². The Balaban J connectivity index is 1.83. The summed E-state index contributed by atoms with van der Waals surface area (Å²) in [6.45, 7) is 2.19. The highest BCUT2D eigenvalue weighted by atomic mass is 16.4. The number of aliphatic carboxylic acids is 1. The minimum atomic E-state index is -0.859. The maximum atomic E-state index is 11.9. The highest BCUT2D eigenvalue weighted by molar-refractivity contribution is 5.77. The van der Waals surface area contributed by atoms with Crippen LogP contribution in [0.4, 0.5) is 0 Å². The second kappa shape index (κ2) is 7.97. The molecule has 1 aromatic rings. The smallest absolute Gasteiger partial charge is 0.308 e. The van der Waals surface area contributed by atoms with Gasteiger partial charge in [-0.15, -0.1) is 0 Å². The van der Waals surface area contributed by atoms with Gasteiger partial charge in [0.1, 0.15) is 0 Å². The number of carboxylic acids is 1. The Kier molecular flexibility index (Phi) is 5.99. The van der Waals surface area contributed by atoms with Gasteiger partial charge in [-0.2, -0.15) is 0 Å². The predicted molar refractivity (Wildman–Crippen MR) is 85.6 cm³/mol. The van der Waals surface area contributed by atoms with Crippen LogP contribution in [0.15, 0.2) is 24.3 Å². The van der Waals surface area contributed by atoms with Gasteiger partial charge in [0.2, 0.25) is 5.91 Å². The number of aryl methyl sites for hydroxylation is 1. The zero-order valence-electron chi connectivity index (χ0n) is 13.2. The van der Waals surface area contributed by atoms with E-state index in [1.165, 1.54) is 12.8 Å². The van der Waals surface area contributed by atoms with Gasteiger partial charge in [-0.3, -0.25) is 9.59 Å². The Bertz CT molecular complexity index is 521. The Morgan fingerprint density at radius 2 is 2.05 bits per heavy atom. The van der Waals surface area contributed by atoms with Crippen LogP contribution < -0.4 is 5.32 Å². The Morgan fingerprint density at radius 3 is 2.68 bits per heavy atom. The van der Waals surface area contributed by atoms with E-state index in [2.05, 4.69) is 5.32 Å². The summed E-state index contributed by atoms with van der Waals surface area (Å²) in [5.74, 6) is -0.959. The van der Waals surface area contributed by atoms with Gasteiger partial charge in [0, 0.05) is 13.0 Å². The number of benzene rings is 1. The molecule has 2 N–H and O–H groups in total. The fourth-order valence-corrected chi connectivity index (χ4v) is 3.16. The third kappa shape index (κ3) is 5.17. The normalized spacial score (nSPS) is 16.4. The molecule has 0 saturated heterocycles. The SMILES string of the molecule is Cc1cccc(CC(CNC(=O)CC2CCCC2)C(=O)O)c1. The zero-order chi connectivity index (χ0) is 15.9. The zero-order valence-corrected chi connectivity index (χ0v) is 13.2. The maximum Gasteiger partial charge on any atom is 0.308 e. The van der Waals surface area contributed by atoms with Crippen molar-refractivity contribution in [2.45, 2.75) is 45.4 Å². The average molecular weight is 303 g/mol. The summed E-state index contributed by atoms with van der Waals surface area (Å²) >= 11 is 0. The Hall–Kier alpha value is -1.84. The molecule has 0 aromatic heterocycles. The minimum absolute atomic E-state index is 0.0117. The fourth-order valence-electron chi connectivity index (χ4n) is 3.16. The number of amides is 1. The molecule has 1 amide bonds. The number of rotatable bonds is 7. The van der Waals surface area contributed by atoms with Crippen LogP contribution in [0.3, 0.4) is 0 Å². The number of carboxylic acid groups (broad SMARTS) is 1. The molecule has 22 heavy (non-hydrogen) atoms. The number of carbonyl (C=O) groups excluding carboxylic acids is 1. The maximum absolute atomic E-state index is 11.9. The lowest BCUT2D eigenvalue weighted by atomic mass is 9.97. The van der Waals surface area contributed by atoms with E-state index in [-0.39, 0.29) is 12.5 Å². The first kappa shape index (κ1) is 16.5. The second-order valence-corrected chi connectivity index (χ2v) is 6.39. The summed E-state index contributed by atoms with van der Waals surface area (Å²) in [6.07, 6.45) is 5.65. The van der Waals surface area contributed by atoms with E-state index in [1.54, 1.807) is 0 Å². The van der Waals surface area contributed by atoms with Crippen molar-refractivity contribution in [1.82, 2.24) is 5.32 Å². The van der Waals surface area contributed by atoms with E-state index in [9.17, 15) is 14.7 Å². The summed E-state index contributed by atoms with van der Waals surface area (Å²) in [6, 6.07) is 7.85. The first-order valence-corrected chi connectivity index (χ1v) is 8.09. The molecular formula is C18H25NO3. The first-order valence-electron chi connectivity index (χ1n) is 8.09. The van der Waals surface area contributed by atoms with Crippen LogP contribution in [0.25, 0.3) is 0 Å². The molecule has 4 heteroatoms. The molecule has 1 atom stereocenters. The molecule has 0 spiro atoms. The lowest BCUT2D eigenvalue weighted by Gasteiger charge is -2.15. The molecule has 1 aromatic carbocycles. The standard InChI is InChI=1S/C18H25NO3/c1-13-5-4-8-15(9-13)10-16(18(21)22)12-19-17(20)11-14-6-2-3-7-14/h4-5,8-9,14,16H,2-3,6-7,10-12H2,1H3,(H,19,20)(H,21,22). The molecule has 120 valence electrons. The van der Waals surface area contributed by atoms with Crippen LogP contribution in [-0.2, 0) is 16.0 Å². The number of carbonyl (C=O) groups is 2. The van der Waals surface area contributed by atoms with Gasteiger partial charge in [0.05, 0.1) is 5.92 Å². The van der Waals surface area contributed by atoms with Crippen molar-refractivity contribution in [2.75, 3.05) is 6.54 Å². The third-order valence-corrected chi connectivity index (χ3v) is 4.41. The summed E-state index contributed by atoms with van der Waals surface area (Å²) < 4.78 is 0. The predicted octanol–water partition coefficient (Wildman–Crippen LogP) is 2.93. The number of hydrogen-bond donors (Lipinski definition) is 2. The van der Waals surface area contributed by atoms with Gasteiger partial charge in [-0.1, -0.05) is 42.7 Å². The average Bonchev–Trinajstić information content (AvgIpc) is 2.96. The van der Waals surface area contributed by atoms with Crippen LogP contribution in [-0.4, -0.2) is 23.5 Å². The van der Waals surface area contributed by atoms with Crippen molar-refractivity contribution in [1.29, 1.82) is 0 Å². The van der Waals surface area contributed by atoms with E-state index in [0.29, 0.717) is 18.8 Å². The summed E-state index contributed by atoms with van der Waals surface area (Å²) in [5, 5.41) is 12.2. The molecule has 1 unspecified atom stereocenters. The van der Waals surface area contributed by atoms with Crippen LogP contribution in [0.2, 0.25) is 0 Å². The summed E-state index contributed by atoms with van der Waals surface area (Å²) in [4.78, 5) is 23.3. The van der Waals surface area contributed by atoms with E-state index in [4.69, 9.17) is 0 Å². The molecular weight excluding hydrogens is 278 g/mol. The monoisotopic (exact) mass is 303 g/mol. The van der Waals surface area contributed by atoms with Gasteiger partial charge < -0.3 is 10.4 Å². The Morgan fingerprint density at radius 1 is 1.32 bits per heavy atom. The first-order chi connectivity index (χ1) is 10.5. The van der Waals surface area contributed by atoms with Gasteiger partial charge in [-0.25, -0.2) is 0 Å². The highest BCUT2D eigenvalue weighted by Crippen LogP contribution is 2.27. The molecule has 2 rings (SSSR count). The third-order valence-electron chi connectivity index (χ3n) is 4.41. The molecule has 1 saturated carbocycles. The fraction of sp³-hybridized carbons (Fsp3) is 0.556. The lowest BCUT2D eigenvalue weighted by molar-refractivity contribution is -0.141. The van der Waals surface area contributed by atoms with Gasteiger partial charge in [0.25, 0.3) is 0 Å². The van der Waals surface area contributed by atoms with Crippen molar-refractivity contribution in [3.05, 3.63) is 35.4 Å². The van der Waals surface area contributed by atoms with Crippen LogP contribution in [0.1, 0.15) is 43.2 Å². The van der Waals surface area contributed by atoms with Crippen LogP contribution >= 0.6 is 0 Å². The largest absolute Gasteiger partial charge is 0.481 e. The number of hydrogen-bond acceptors (Lipinski definition) is 2. The number of nitrogens with one attached hydrogen (secondary N) is 1. The summed E-state index contributed by atoms with van der Waals surface area (Å²) in [5.41, 5.74) is 2.12. The highest BCUT2D eigenvalue weighted by Gasteiger charge is 2.21. The second-order valence-electron chi connectivity index (χ2n) is 6.39.